The minimum Gasteiger partial charge on any atom is -0.379 e. The Hall–Kier alpha value is -1.73. The lowest BCUT2D eigenvalue weighted by atomic mass is 9.79. The number of para-hydroxylation sites is 1. The van der Waals surface area contributed by atoms with Gasteiger partial charge >= 0.3 is 5.69 Å². The molecule has 7 heteroatoms. The molecule has 0 bridgehead atoms. The van der Waals surface area contributed by atoms with Crippen molar-refractivity contribution in [1.82, 2.24) is 4.90 Å². The highest BCUT2D eigenvalue weighted by Crippen LogP contribution is 2.37. The van der Waals surface area contributed by atoms with Crippen molar-refractivity contribution in [3.8, 4) is 0 Å². The number of nitro benzene ring substituents is 1. The van der Waals surface area contributed by atoms with E-state index in [-0.39, 0.29) is 17.3 Å². The van der Waals surface area contributed by atoms with Gasteiger partial charge in [0.2, 0.25) is 5.82 Å². The zero-order valence-corrected chi connectivity index (χ0v) is 16.2. The molecule has 0 aromatic heterocycles. The molecule has 27 heavy (non-hydrogen) atoms. The lowest BCUT2D eigenvalue weighted by molar-refractivity contribution is -0.386. The highest BCUT2D eigenvalue weighted by atomic mass is 19.1. The molecule has 1 aliphatic heterocycles. The van der Waals surface area contributed by atoms with Gasteiger partial charge in [-0.3, -0.25) is 15.0 Å². The Labute approximate surface area is 160 Å². The van der Waals surface area contributed by atoms with E-state index in [1.54, 1.807) is 6.07 Å². The number of hydrogen-bond acceptors (Lipinski definition) is 5. The Morgan fingerprint density at radius 2 is 1.96 bits per heavy atom. The van der Waals surface area contributed by atoms with Crippen molar-refractivity contribution >= 4 is 11.4 Å². The fraction of sp³-hybridized carbons (Fsp3) is 0.700. The molecule has 150 valence electrons. The number of rotatable bonds is 6. The van der Waals surface area contributed by atoms with Crippen LogP contribution in [0.15, 0.2) is 18.2 Å². The number of nitro groups is 1. The second-order valence-corrected chi connectivity index (χ2v) is 7.95. The average molecular weight is 379 g/mol. The Kier molecular flexibility index (Phi) is 6.32. The zero-order valence-electron chi connectivity index (χ0n) is 16.2. The fourth-order valence-electron chi connectivity index (χ4n) is 4.53. The Bertz CT molecular complexity index is 654. The topological polar surface area (TPSA) is 67.6 Å². The largest absolute Gasteiger partial charge is 0.379 e. The third-order valence-electron chi connectivity index (χ3n) is 6.20. The van der Waals surface area contributed by atoms with Gasteiger partial charge in [0.15, 0.2) is 0 Å². The molecule has 0 unspecified atom stereocenters. The summed E-state index contributed by atoms with van der Waals surface area (Å²) in [4.78, 5) is 13.1. The maximum absolute atomic E-state index is 13.8. The number of hydrogen-bond donors (Lipinski definition) is 1. The first kappa shape index (κ1) is 20.0. The van der Waals surface area contributed by atoms with Crippen molar-refractivity contribution in [3.05, 3.63) is 34.1 Å². The number of nitrogens with one attached hydrogen (secondary N) is 1. The van der Waals surface area contributed by atoms with E-state index in [1.807, 2.05) is 0 Å². The van der Waals surface area contributed by atoms with Gasteiger partial charge in [-0.25, -0.2) is 0 Å². The molecule has 2 fully saturated rings. The van der Waals surface area contributed by atoms with Gasteiger partial charge in [-0.1, -0.05) is 6.07 Å². The monoisotopic (exact) mass is 379 g/mol. The lowest BCUT2D eigenvalue weighted by Gasteiger charge is -2.48. The van der Waals surface area contributed by atoms with E-state index < -0.39 is 16.4 Å². The van der Waals surface area contributed by atoms with E-state index in [4.69, 9.17) is 4.74 Å². The summed E-state index contributed by atoms with van der Waals surface area (Å²) in [5, 5.41) is 14.4. The van der Waals surface area contributed by atoms with Gasteiger partial charge in [0.1, 0.15) is 5.69 Å². The number of ether oxygens (including phenoxy) is 1. The minimum absolute atomic E-state index is 0.130. The number of piperidine rings is 1. The molecule has 1 aromatic carbocycles. The molecule has 1 aromatic rings. The molecule has 6 nitrogen and oxygen atoms in total. The molecule has 0 radical (unpaired) electrons. The van der Waals surface area contributed by atoms with Crippen LogP contribution in [0, 0.1) is 15.9 Å². The molecule has 3 rings (SSSR count). The normalized spacial score (nSPS) is 27.4. The summed E-state index contributed by atoms with van der Waals surface area (Å²) in [6, 6.07) is 4.36. The summed E-state index contributed by atoms with van der Waals surface area (Å²) >= 11 is 0. The van der Waals surface area contributed by atoms with E-state index in [1.165, 1.54) is 6.07 Å². The molecule has 0 amide bonds. The molecule has 0 spiro atoms. The zero-order chi connectivity index (χ0) is 19.4. The predicted octanol–water partition coefficient (Wildman–Crippen LogP) is 4.35. The van der Waals surface area contributed by atoms with Crippen LogP contribution in [-0.2, 0) is 4.74 Å². The third kappa shape index (κ3) is 4.58. The minimum atomic E-state index is -0.791. The van der Waals surface area contributed by atoms with Crippen molar-refractivity contribution in [2.45, 2.75) is 70.1 Å². The molecular formula is C20H30FN3O3. The van der Waals surface area contributed by atoms with Gasteiger partial charge in [0.25, 0.3) is 0 Å². The van der Waals surface area contributed by atoms with Crippen LogP contribution in [0.4, 0.5) is 15.8 Å². The first-order valence-corrected chi connectivity index (χ1v) is 9.99. The third-order valence-corrected chi connectivity index (χ3v) is 6.20. The first-order valence-electron chi connectivity index (χ1n) is 9.99. The standard InChI is InChI=1S/C20H30FN3O3/c1-3-27-16-7-11-20(2,12-8-16)23-13-9-15(10-14-23)22-18-6-4-5-17(21)19(18)24(25)26/h4-6,15-16,22H,3,7-14H2,1-2H3/t16-,20-. The van der Waals surface area contributed by atoms with Gasteiger partial charge in [0.05, 0.1) is 11.0 Å². The second kappa shape index (κ2) is 8.52. The van der Waals surface area contributed by atoms with Gasteiger partial charge in [-0.15, -0.1) is 0 Å². The number of anilines is 1. The van der Waals surface area contributed by atoms with Crippen LogP contribution in [0.1, 0.15) is 52.4 Å². The van der Waals surface area contributed by atoms with Crippen LogP contribution >= 0.6 is 0 Å². The lowest BCUT2D eigenvalue weighted by Crippen LogP contribution is -2.53. The van der Waals surface area contributed by atoms with E-state index in [0.717, 1.165) is 64.3 Å². The van der Waals surface area contributed by atoms with Crippen LogP contribution in [0.25, 0.3) is 0 Å². The molecule has 1 heterocycles. The van der Waals surface area contributed by atoms with E-state index in [2.05, 4.69) is 24.1 Å². The van der Waals surface area contributed by atoms with Crippen molar-refractivity contribution in [2.24, 2.45) is 0 Å². The van der Waals surface area contributed by atoms with Crippen molar-refractivity contribution in [2.75, 3.05) is 25.0 Å². The first-order chi connectivity index (χ1) is 12.9. The van der Waals surface area contributed by atoms with E-state index in [9.17, 15) is 14.5 Å². The van der Waals surface area contributed by atoms with Crippen LogP contribution in [0.3, 0.4) is 0 Å². The fourth-order valence-corrected chi connectivity index (χ4v) is 4.53. The SMILES string of the molecule is CCO[C@H]1CC[C@](C)(N2CCC(Nc3cccc(F)c3[N+](=O)[O-])CC2)CC1. The number of halogens is 1. The van der Waals surface area contributed by atoms with Crippen LogP contribution in [-0.4, -0.2) is 47.2 Å². The summed E-state index contributed by atoms with van der Waals surface area (Å²) in [6.07, 6.45) is 6.71. The van der Waals surface area contributed by atoms with E-state index >= 15 is 0 Å². The molecule has 2 aliphatic rings. The summed E-state index contributed by atoms with van der Waals surface area (Å²) < 4.78 is 19.6. The Morgan fingerprint density at radius 3 is 2.56 bits per heavy atom. The average Bonchev–Trinajstić information content (AvgIpc) is 2.64. The molecule has 1 saturated heterocycles. The molecular weight excluding hydrogens is 349 g/mol. The van der Waals surface area contributed by atoms with Gasteiger partial charge < -0.3 is 10.1 Å². The number of likely N-dealkylation sites (tertiary alicyclic amines) is 1. The number of benzene rings is 1. The van der Waals surface area contributed by atoms with Gasteiger partial charge in [-0.05, 0) is 64.5 Å². The van der Waals surface area contributed by atoms with Gasteiger partial charge in [0, 0.05) is 31.3 Å². The Balaban J connectivity index is 1.56. The maximum atomic E-state index is 13.8. The summed E-state index contributed by atoms with van der Waals surface area (Å²) in [5.74, 6) is -0.791. The summed E-state index contributed by atoms with van der Waals surface area (Å²) in [6.45, 7) is 7.09. The van der Waals surface area contributed by atoms with Crippen molar-refractivity contribution in [1.29, 1.82) is 0 Å². The number of nitrogens with zero attached hydrogens (tertiary/aromatic N) is 2. The highest BCUT2D eigenvalue weighted by molar-refractivity contribution is 5.62. The smallest absolute Gasteiger partial charge is 0.327 e. The maximum Gasteiger partial charge on any atom is 0.327 e. The Morgan fingerprint density at radius 1 is 1.30 bits per heavy atom. The highest BCUT2D eigenvalue weighted by Gasteiger charge is 2.38. The molecule has 1 aliphatic carbocycles. The van der Waals surface area contributed by atoms with Crippen LogP contribution in [0.5, 0.6) is 0 Å². The molecule has 1 N–H and O–H groups in total. The van der Waals surface area contributed by atoms with Crippen molar-refractivity contribution in [3.63, 3.8) is 0 Å². The molecule has 0 atom stereocenters. The van der Waals surface area contributed by atoms with E-state index in [0.29, 0.717) is 6.10 Å². The predicted molar refractivity (Wildman–Crippen MR) is 104 cm³/mol. The summed E-state index contributed by atoms with van der Waals surface area (Å²) in [7, 11) is 0. The van der Waals surface area contributed by atoms with Crippen LogP contribution < -0.4 is 5.32 Å². The quantitative estimate of drug-likeness (QED) is 0.588. The molecule has 1 saturated carbocycles. The van der Waals surface area contributed by atoms with Crippen molar-refractivity contribution < 1.29 is 14.1 Å². The second-order valence-electron chi connectivity index (χ2n) is 7.95. The summed E-state index contributed by atoms with van der Waals surface area (Å²) in [5.41, 5.74) is 0.0340. The van der Waals surface area contributed by atoms with Crippen LogP contribution in [0.2, 0.25) is 0 Å². The van der Waals surface area contributed by atoms with Gasteiger partial charge in [-0.2, -0.15) is 4.39 Å².